The molecule has 188 valence electrons. The minimum atomic E-state index is 0.420. The van der Waals surface area contributed by atoms with Crippen molar-refractivity contribution >= 4 is 45.4 Å². The van der Waals surface area contributed by atoms with Crippen LogP contribution in [0.4, 0.5) is 0 Å². The van der Waals surface area contributed by atoms with Gasteiger partial charge in [-0.15, -0.1) is 26.6 Å². The van der Waals surface area contributed by atoms with Crippen molar-refractivity contribution in [1.82, 2.24) is 74.7 Å². The zero-order chi connectivity index (χ0) is 25.8. The fourth-order valence-corrected chi connectivity index (χ4v) is 6.22. The normalized spacial score (nSPS) is 11.6. The molecule has 8 rings (SSSR count). The predicted octanol–water partition coefficient (Wildman–Crippen LogP) is 3.48. The summed E-state index contributed by atoms with van der Waals surface area (Å²) < 4.78 is 10.7. The molecule has 0 saturated heterocycles. The van der Waals surface area contributed by atoms with Gasteiger partial charge in [0.25, 0.3) is 0 Å². The second-order valence-corrected chi connectivity index (χ2v) is 10.2. The van der Waals surface area contributed by atoms with Crippen molar-refractivity contribution in [1.29, 1.82) is 0 Å². The summed E-state index contributed by atoms with van der Waals surface area (Å²) in [4.78, 5) is 9.85. The van der Waals surface area contributed by atoms with Crippen molar-refractivity contribution < 1.29 is 0 Å². The molecule has 7 aromatic heterocycles. The standard InChI is InChI=1S/C21H11N15S3/c1-3-23-28-12(1)36-18-14(10-7-24-32-26-10)15(19-29-33-34-30-19)16(21-22-4-6-37-21)13(9-2-5-38-31-9)17(18)25-20(36)11-8-39-35-27-11/h1-8H,(H,23,28)(H,24,26,32)(H,29,30,33,34). The van der Waals surface area contributed by atoms with Gasteiger partial charge >= 0.3 is 0 Å². The zero-order valence-electron chi connectivity index (χ0n) is 19.2. The van der Waals surface area contributed by atoms with E-state index in [4.69, 9.17) is 9.36 Å². The fourth-order valence-electron chi connectivity index (χ4n) is 4.57. The Kier molecular flexibility index (Phi) is 4.93. The minimum Gasteiger partial charge on any atom is -0.284 e. The van der Waals surface area contributed by atoms with Gasteiger partial charge in [-0.25, -0.2) is 15.1 Å². The first-order chi connectivity index (χ1) is 19.4. The summed E-state index contributed by atoms with van der Waals surface area (Å²) in [5.41, 5.74) is 6.06. The highest BCUT2D eigenvalue weighted by atomic mass is 32.1. The Balaban J connectivity index is 1.68. The van der Waals surface area contributed by atoms with Gasteiger partial charge in [-0.2, -0.15) is 9.47 Å². The van der Waals surface area contributed by atoms with E-state index in [2.05, 4.69) is 60.8 Å². The van der Waals surface area contributed by atoms with E-state index in [0.29, 0.717) is 51.0 Å². The van der Waals surface area contributed by atoms with Crippen LogP contribution in [-0.4, -0.2) is 74.7 Å². The quantitative estimate of drug-likeness (QED) is 0.265. The summed E-state index contributed by atoms with van der Waals surface area (Å²) in [5.74, 6) is 1.56. The lowest BCUT2D eigenvalue weighted by Gasteiger charge is -2.17. The number of hydrogen-bond acceptors (Lipinski definition) is 14. The van der Waals surface area contributed by atoms with E-state index >= 15 is 0 Å². The highest BCUT2D eigenvalue weighted by Crippen LogP contribution is 2.50. The Hall–Kier alpha value is -5.07. The highest BCUT2D eigenvalue weighted by molar-refractivity contribution is 7.13. The molecule has 0 saturated carbocycles. The number of hydrogen-bond donors (Lipinski definition) is 3. The van der Waals surface area contributed by atoms with E-state index in [9.17, 15) is 0 Å². The van der Waals surface area contributed by atoms with Gasteiger partial charge in [0.15, 0.2) is 17.5 Å². The van der Waals surface area contributed by atoms with Crippen LogP contribution in [0.5, 0.6) is 0 Å². The number of rotatable bonds is 6. The third-order valence-electron chi connectivity index (χ3n) is 6.00. The number of aromatic nitrogens is 15. The molecular weight excluding hydrogens is 559 g/mol. The topological polar surface area (TPSA) is 194 Å². The summed E-state index contributed by atoms with van der Waals surface area (Å²) >= 11 is 4.07. The Labute approximate surface area is 228 Å². The fraction of sp³-hybridized carbons (Fsp3) is 0. The maximum Gasteiger partial charge on any atom is 0.180 e. The Bertz CT molecular complexity index is 1990. The number of fused-ring (bicyclic) bond motifs is 1. The minimum absolute atomic E-state index is 0.420. The SMILES string of the molecule is c1csc(-c2c(-c3nnn[nH]3)c(-c3c[nH]nn3)c3c(nc(-c4csnn4)n3-c3cc[nH]n3)c2-c2ccsn2)n1. The van der Waals surface area contributed by atoms with Crippen LogP contribution in [0, 0.1) is 0 Å². The summed E-state index contributed by atoms with van der Waals surface area (Å²) in [6.45, 7) is 0. The number of nitrogens with zero attached hydrogens (tertiary/aromatic N) is 12. The molecular formula is C21H11N15S3. The van der Waals surface area contributed by atoms with Crippen LogP contribution in [0.2, 0.25) is 0 Å². The molecule has 0 fully saturated rings. The van der Waals surface area contributed by atoms with E-state index in [1.165, 1.54) is 34.4 Å². The van der Waals surface area contributed by atoms with Gasteiger partial charge in [0, 0.05) is 56.9 Å². The molecule has 0 aliphatic rings. The van der Waals surface area contributed by atoms with Gasteiger partial charge in [-0.3, -0.25) is 14.8 Å². The van der Waals surface area contributed by atoms with Gasteiger partial charge in [0.2, 0.25) is 0 Å². The van der Waals surface area contributed by atoms with E-state index in [1.807, 2.05) is 32.8 Å². The first-order valence-corrected chi connectivity index (χ1v) is 13.7. The third kappa shape index (κ3) is 3.35. The van der Waals surface area contributed by atoms with Crippen molar-refractivity contribution in [3.63, 3.8) is 0 Å². The molecule has 15 nitrogen and oxygen atoms in total. The predicted molar refractivity (Wildman–Crippen MR) is 143 cm³/mol. The average Bonchev–Trinajstić information content (AvgIpc) is 3.83. The summed E-state index contributed by atoms with van der Waals surface area (Å²) in [5, 5.41) is 44.4. The van der Waals surface area contributed by atoms with Crippen molar-refractivity contribution in [3.8, 4) is 61.8 Å². The van der Waals surface area contributed by atoms with Crippen LogP contribution in [0.25, 0.3) is 72.8 Å². The van der Waals surface area contributed by atoms with Gasteiger partial charge in [-0.1, -0.05) is 9.70 Å². The number of aromatic amines is 3. The van der Waals surface area contributed by atoms with Gasteiger partial charge in [0.05, 0.1) is 17.4 Å². The molecule has 7 heterocycles. The maximum atomic E-state index is 5.17. The Morgan fingerprint density at radius 3 is 2.54 bits per heavy atom. The summed E-state index contributed by atoms with van der Waals surface area (Å²) in [6, 6.07) is 3.80. The summed E-state index contributed by atoms with van der Waals surface area (Å²) in [6.07, 6.45) is 5.21. The number of benzene rings is 1. The maximum absolute atomic E-state index is 5.17. The van der Waals surface area contributed by atoms with Crippen LogP contribution in [0.3, 0.4) is 0 Å². The van der Waals surface area contributed by atoms with Crippen molar-refractivity contribution in [2.75, 3.05) is 0 Å². The Morgan fingerprint density at radius 1 is 0.846 bits per heavy atom. The van der Waals surface area contributed by atoms with Crippen molar-refractivity contribution in [2.45, 2.75) is 0 Å². The molecule has 0 aliphatic heterocycles. The van der Waals surface area contributed by atoms with Crippen LogP contribution in [-0.2, 0) is 0 Å². The molecule has 0 aliphatic carbocycles. The molecule has 0 bridgehead atoms. The van der Waals surface area contributed by atoms with Gasteiger partial charge in [-0.05, 0) is 39.6 Å². The second-order valence-electron chi connectivity index (χ2n) is 8.02. The smallest absolute Gasteiger partial charge is 0.180 e. The molecule has 0 radical (unpaired) electrons. The van der Waals surface area contributed by atoms with Crippen LogP contribution < -0.4 is 0 Å². The van der Waals surface area contributed by atoms with Gasteiger partial charge in [0.1, 0.15) is 21.9 Å². The first-order valence-electron chi connectivity index (χ1n) is 11.2. The van der Waals surface area contributed by atoms with E-state index in [1.54, 1.807) is 18.6 Å². The van der Waals surface area contributed by atoms with Crippen molar-refractivity contribution in [3.05, 3.63) is 46.9 Å². The zero-order valence-corrected chi connectivity index (χ0v) is 21.7. The molecule has 3 N–H and O–H groups in total. The highest BCUT2D eigenvalue weighted by Gasteiger charge is 2.33. The Morgan fingerprint density at radius 2 is 1.85 bits per heavy atom. The number of thiazole rings is 1. The van der Waals surface area contributed by atoms with E-state index < -0.39 is 0 Å². The number of tetrazole rings is 1. The van der Waals surface area contributed by atoms with E-state index in [-0.39, 0.29) is 0 Å². The van der Waals surface area contributed by atoms with Crippen LogP contribution >= 0.6 is 34.4 Å². The van der Waals surface area contributed by atoms with Crippen molar-refractivity contribution in [2.24, 2.45) is 0 Å². The average molecular weight is 570 g/mol. The van der Waals surface area contributed by atoms with Crippen LogP contribution in [0.1, 0.15) is 0 Å². The first kappa shape index (κ1) is 22.0. The molecule has 0 spiro atoms. The number of imidazole rings is 1. The molecule has 1 aromatic carbocycles. The molecule has 0 amide bonds. The second kappa shape index (κ2) is 8.75. The number of nitrogens with one attached hydrogen (secondary N) is 3. The third-order valence-corrected chi connectivity index (χ3v) is 7.86. The largest absolute Gasteiger partial charge is 0.284 e. The lowest BCUT2D eigenvalue weighted by molar-refractivity contribution is 0.881. The summed E-state index contributed by atoms with van der Waals surface area (Å²) in [7, 11) is 0. The monoisotopic (exact) mass is 569 g/mol. The van der Waals surface area contributed by atoms with Gasteiger partial charge < -0.3 is 0 Å². The molecule has 0 unspecified atom stereocenters. The van der Waals surface area contributed by atoms with Crippen LogP contribution in [0.15, 0.2) is 46.9 Å². The van der Waals surface area contributed by atoms with E-state index in [0.717, 1.165) is 21.8 Å². The lowest BCUT2D eigenvalue weighted by atomic mass is 9.90. The number of H-pyrrole nitrogens is 3. The molecule has 18 heteroatoms. The molecule has 0 atom stereocenters. The molecule has 8 aromatic rings. The lowest BCUT2D eigenvalue weighted by Crippen LogP contribution is -2.03. The molecule has 39 heavy (non-hydrogen) atoms.